The van der Waals surface area contributed by atoms with E-state index in [1.807, 2.05) is 6.92 Å². The van der Waals surface area contributed by atoms with Crippen molar-refractivity contribution >= 4 is 0 Å². The topological polar surface area (TPSA) is 46.3 Å². The van der Waals surface area contributed by atoms with Gasteiger partial charge in [0.1, 0.15) is 11.5 Å². The summed E-state index contributed by atoms with van der Waals surface area (Å²) < 4.78 is 5.36. The van der Waals surface area contributed by atoms with Gasteiger partial charge in [-0.15, -0.1) is 0 Å². The molecule has 0 aromatic carbocycles. The molecule has 1 aliphatic carbocycles. The Hall–Kier alpha value is -0.830. The Labute approximate surface area is 65.1 Å². The van der Waals surface area contributed by atoms with Crippen LogP contribution in [0.15, 0.2) is 4.42 Å². The summed E-state index contributed by atoms with van der Waals surface area (Å²) >= 11 is 0. The number of hydrogen-bond acceptors (Lipinski definition) is 3. The third-order valence-corrected chi connectivity index (χ3v) is 1.93. The van der Waals surface area contributed by atoms with Gasteiger partial charge in [0, 0.05) is 12.8 Å². The van der Waals surface area contributed by atoms with Gasteiger partial charge < -0.3 is 9.52 Å². The minimum absolute atomic E-state index is 0.00315. The van der Waals surface area contributed by atoms with Crippen LogP contribution in [0.3, 0.4) is 0 Å². The molecular formula is C8H11NO2. The Bertz CT molecular complexity index is 263. The molecule has 1 aromatic rings. The molecular weight excluding hydrogens is 142 g/mol. The molecule has 1 heterocycles. The van der Waals surface area contributed by atoms with Gasteiger partial charge in [-0.3, -0.25) is 0 Å². The molecule has 0 bridgehead atoms. The Morgan fingerprint density at radius 3 is 2.91 bits per heavy atom. The monoisotopic (exact) mass is 153 g/mol. The van der Waals surface area contributed by atoms with Crippen molar-refractivity contribution in [2.75, 3.05) is 0 Å². The van der Waals surface area contributed by atoms with Crippen molar-refractivity contribution in [3.05, 3.63) is 17.3 Å². The van der Waals surface area contributed by atoms with Crippen molar-refractivity contribution in [3.63, 3.8) is 0 Å². The predicted molar refractivity (Wildman–Crippen MR) is 39.1 cm³/mol. The highest BCUT2D eigenvalue weighted by Crippen LogP contribution is 2.41. The minimum Gasteiger partial charge on any atom is -0.445 e. The van der Waals surface area contributed by atoms with Crippen LogP contribution in [-0.2, 0) is 6.61 Å². The molecule has 1 N–H and O–H groups in total. The second-order valence-corrected chi connectivity index (χ2v) is 2.98. The summed E-state index contributed by atoms with van der Waals surface area (Å²) in [5.41, 5.74) is 0.727. The lowest BCUT2D eigenvalue weighted by Crippen LogP contribution is -1.88. The highest BCUT2D eigenvalue weighted by molar-refractivity contribution is 5.18. The zero-order valence-electron chi connectivity index (χ0n) is 6.50. The van der Waals surface area contributed by atoms with Crippen molar-refractivity contribution in [2.45, 2.75) is 32.3 Å². The van der Waals surface area contributed by atoms with E-state index in [0.717, 1.165) is 11.5 Å². The van der Waals surface area contributed by atoms with Gasteiger partial charge in [0.25, 0.3) is 0 Å². The zero-order chi connectivity index (χ0) is 7.84. The van der Waals surface area contributed by atoms with Crippen molar-refractivity contribution in [2.24, 2.45) is 0 Å². The van der Waals surface area contributed by atoms with Gasteiger partial charge in [-0.25, -0.2) is 4.98 Å². The molecule has 0 aliphatic heterocycles. The number of aromatic nitrogens is 1. The SMILES string of the molecule is Cc1nc(CO)c(C2CC2)o1. The summed E-state index contributed by atoms with van der Waals surface area (Å²) in [5, 5.41) is 8.89. The number of nitrogens with zero attached hydrogens (tertiary/aromatic N) is 1. The first-order chi connectivity index (χ1) is 5.31. The van der Waals surface area contributed by atoms with Gasteiger partial charge in [0.2, 0.25) is 0 Å². The fraction of sp³-hybridized carbons (Fsp3) is 0.625. The van der Waals surface area contributed by atoms with E-state index in [4.69, 9.17) is 9.52 Å². The van der Waals surface area contributed by atoms with Crippen molar-refractivity contribution in [1.82, 2.24) is 4.98 Å². The Balaban J connectivity index is 2.34. The van der Waals surface area contributed by atoms with Crippen molar-refractivity contribution in [1.29, 1.82) is 0 Å². The molecule has 2 rings (SSSR count). The second-order valence-electron chi connectivity index (χ2n) is 2.98. The summed E-state index contributed by atoms with van der Waals surface area (Å²) in [6.07, 6.45) is 2.36. The Morgan fingerprint density at radius 2 is 2.36 bits per heavy atom. The maximum absolute atomic E-state index is 8.89. The Kier molecular flexibility index (Phi) is 1.46. The first-order valence-corrected chi connectivity index (χ1v) is 3.88. The predicted octanol–water partition coefficient (Wildman–Crippen LogP) is 1.35. The van der Waals surface area contributed by atoms with E-state index in [9.17, 15) is 0 Å². The van der Waals surface area contributed by atoms with Crippen LogP contribution in [0.5, 0.6) is 0 Å². The lowest BCUT2D eigenvalue weighted by Gasteiger charge is -1.91. The van der Waals surface area contributed by atoms with E-state index in [2.05, 4.69) is 4.98 Å². The molecule has 0 amide bonds. The first-order valence-electron chi connectivity index (χ1n) is 3.88. The molecule has 1 saturated carbocycles. The summed E-state index contributed by atoms with van der Waals surface area (Å²) in [5.74, 6) is 2.11. The summed E-state index contributed by atoms with van der Waals surface area (Å²) in [6, 6.07) is 0. The maximum atomic E-state index is 8.89. The van der Waals surface area contributed by atoms with Crippen LogP contribution in [0.4, 0.5) is 0 Å². The van der Waals surface area contributed by atoms with Crippen LogP contribution in [0, 0.1) is 6.92 Å². The van der Waals surface area contributed by atoms with Crippen LogP contribution in [0.1, 0.15) is 36.1 Å². The standard InChI is InChI=1S/C8H11NO2/c1-5-9-7(4-10)8(11-5)6-2-3-6/h6,10H,2-4H2,1H3. The van der Waals surface area contributed by atoms with E-state index >= 15 is 0 Å². The maximum Gasteiger partial charge on any atom is 0.191 e. The number of aliphatic hydroxyl groups is 1. The molecule has 0 spiro atoms. The van der Waals surface area contributed by atoms with Crippen molar-refractivity contribution < 1.29 is 9.52 Å². The molecule has 0 atom stereocenters. The molecule has 3 nitrogen and oxygen atoms in total. The average molecular weight is 153 g/mol. The number of hydrogen-bond donors (Lipinski definition) is 1. The smallest absolute Gasteiger partial charge is 0.191 e. The molecule has 1 aliphatic rings. The first kappa shape index (κ1) is 6.85. The van der Waals surface area contributed by atoms with Crippen LogP contribution in [-0.4, -0.2) is 10.1 Å². The van der Waals surface area contributed by atoms with E-state index in [0.29, 0.717) is 11.8 Å². The normalized spacial score (nSPS) is 17.3. The zero-order valence-corrected chi connectivity index (χ0v) is 6.50. The van der Waals surface area contributed by atoms with Gasteiger partial charge >= 0.3 is 0 Å². The van der Waals surface area contributed by atoms with Gasteiger partial charge in [0.05, 0.1) is 6.61 Å². The third kappa shape index (κ3) is 1.16. The van der Waals surface area contributed by atoms with Crippen LogP contribution in [0.2, 0.25) is 0 Å². The minimum atomic E-state index is 0.00315. The van der Waals surface area contributed by atoms with Crippen LogP contribution in [0.25, 0.3) is 0 Å². The van der Waals surface area contributed by atoms with Gasteiger partial charge in [-0.2, -0.15) is 0 Å². The third-order valence-electron chi connectivity index (χ3n) is 1.93. The molecule has 60 valence electrons. The number of aliphatic hydroxyl groups excluding tert-OH is 1. The van der Waals surface area contributed by atoms with E-state index in [1.54, 1.807) is 0 Å². The van der Waals surface area contributed by atoms with Crippen LogP contribution >= 0.6 is 0 Å². The molecule has 0 unspecified atom stereocenters. The molecule has 0 radical (unpaired) electrons. The fourth-order valence-corrected chi connectivity index (χ4v) is 1.26. The second kappa shape index (κ2) is 2.34. The lowest BCUT2D eigenvalue weighted by molar-refractivity contribution is 0.274. The van der Waals surface area contributed by atoms with Gasteiger partial charge in [0.15, 0.2) is 5.89 Å². The Morgan fingerprint density at radius 1 is 1.64 bits per heavy atom. The van der Waals surface area contributed by atoms with Crippen molar-refractivity contribution in [3.8, 4) is 0 Å². The van der Waals surface area contributed by atoms with E-state index in [1.165, 1.54) is 12.8 Å². The summed E-state index contributed by atoms with van der Waals surface area (Å²) in [7, 11) is 0. The van der Waals surface area contributed by atoms with E-state index < -0.39 is 0 Å². The van der Waals surface area contributed by atoms with Gasteiger partial charge in [-0.1, -0.05) is 0 Å². The number of oxazole rings is 1. The van der Waals surface area contributed by atoms with Gasteiger partial charge in [-0.05, 0) is 12.8 Å². The lowest BCUT2D eigenvalue weighted by atomic mass is 10.2. The molecule has 3 heteroatoms. The fourth-order valence-electron chi connectivity index (χ4n) is 1.26. The molecule has 1 aromatic heterocycles. The quantitative estimate of drug-likeness (QED) is 0.697. The summed E-state index contributed by atoms with van der Waals surface area (Å²) in [4.78, 5) is 4.07. The molecule has 11 heavy (non-hydrogen) atoms. The number of aryl methyl sites for hydroxylation is 1. The summed E-state index contributed by atoms with van der Waals surface area (Å²) in [6.45, 7) is 1.81. The number of rotatable bonds is 2. The largest absolute Gasteiger partial charge is 0.445 e. The molecule has 0 saturated heterocycles. The highest BCUT2D eigenvalue weighted by atomic mass is 16.4. The van der Waals surface area contributed by atoms with Crippen LogP contribution < -0.4 is 0 Å². The molecule has 1 fully saturated rings. The van der Waals surface area contributed by atoms with E-state index in [-0.39, 0.29) is 6.61 Å². The average Bonchev–Trinajstić information content (AvgIpc) is 2.75. The highest BCUT2D eigenvalue weighted by Gasteiger charge is 2.30.